The van der Waals surface area contributed by atoms with Crippen molar-refractivity contribution in [3.8, 4) is 10.6 Å². The standard InChI is InChI=1S/C21H15N5O3S2/c27-19(24-25-21(30)22-15-4-3-5-16(12-15)26(28)29)13-8-10-14(11-9-13)20-23-17-6-1-2-7-18(17)31-20/h1-12H,(H,24,27)(H2,22,25,30). The van der Waals surface area contributed by atoms with Gasteiger partial charge in [0, 0.05) is 28.9 Å². The quantitative estimate of drug-likeness (QED) is 0.239. The van der Waals surface area contributed by atoms with Crippen molar-refractivity contribution in [3.05, 3.63) is 88.5 Å². The third-order valence-corrected chi connectivity index (χ3v) is 5.58. The molecule has 0 atom stereocenters. The fourth-order valence-electron chi connectivity index (χ4n) is 2.81. The van der Waals surface area contributed by atoms with Crippen molar-refractivity contribution in [2.75, 3.05) is 5.32 Å². The summed E-state index contributed by atoms with van der Waals surface area (Å²) in [5.74, 6) is -0.376. The van der Waals surface area contributed by atoms with Crippen molar-refractivity contribution < 1.29 is 9.72 Å². The van der Waals surface area contributed by atoms with Crippen LogP contribution in [-0.4, -0.2) is 20.9 Å². The number of nitro groups is 1. The highest BCUT2D eigenvalue weighted by molar-refractivity contribution is 7.80. The van der Waals surface area contributed by atoms with Crippen LogP contribution >= 0.6 is 23.6 Å². The minimum Gasteiger partial charge on any atom is -0.331 e. The largest absolute Gasteiger partial charge is 0.331 e. The monoisotopic (exact) mass is 449 g/mol. The molecule has 3 N–H and O–H groups in total. The van der Waals surface area contributed by atoms with Gasteiger partial charge in [-0.3, -0.25) is 25.8 Å². The number of fused-ring (bicyclic) bond motifs is 1. The van der Waals surface area contributed by atoms with E-state index in [4.69, 9.17) is 12.2 Å². The number of anilines is 1. The number of carbonyl (C=O) groups excluding carboxylic acids is 1. The highest BCUT2D eigenvalue weighted by Crippen LogP contribution is 2.30. The zero-order valence-corrected chi connectivity index (χ0v) is 17.5. The molecule has 1 heterocycles. The van der Waals surface area contributed by atoms with Crippen LogP contribution in [0.2, 0.25) is 0 Å². The van der Waals surface area contributed by atoms with Gasteiger partial charge >= 0.3 is 0 Å². The van der Waals surface area contributed by atoms with Crippen molar-refractivity contribution in [1.29, 1.82) is 0 Å². The number of nitro benzene ring substituents is 1. The number of rotatable bonds is 4. The fourth-order valence-corrected chi connectivity index (χ4v) is 3.95. The number of hydrogen-bond acceptors (Lipinski definition) is 6. The summed E-state index contributed by atoms with van der Waals surface area (Å²) in [4.78, 5) is 27.3. The number of carbonyl (C=O) groups is 1. The molecule has 10 heteroatoms. The highest BCUT2D eigenvalue weighted by atomic mass is 32.1. The summed E-state index contributed by atoms with van der Waals surface area (Å²) in [6, 6.07) is 20.9. The number of non-ortho nitro benzene ring substituents is 1. The van der Waals surface area contributed by atoms with Gasteiger partial charge in [-0.05, 0) is 42.5 Å². The van der Waals surface area contributed by atoms with Gasteiger partial charge in [-0.1, -0.05) is 30.3 Å². The van der Waals surface area contributed by atoms with Crippen molar-refractivity contribution in [2.24, 2.45) is 0 Å². The Hall–Kier alpha value is -3.89. The number of benzene rings is 3. The second-order valence-corrected chi connectivity index (χ2v) is 7.84. The van der Waals surface area contributed by atoms with Crippen LogP contribution in [0, 0.1) is 10.1 Å². The second-order valence-electron chi connectivity index (χ2n) is 6.40. The van der Waals surface area contributed by atoms with Gasteiger partial charge in [-0.15, -0.1) is 11.3 Å². The molecule has 0 aliphatic heterocycles. The molecule has 3 aromatic carbocycles. The summed E-state index contributed by atoms with van der Waals surface area (Å²) in [5.41, 5.74) is 7.75. The second kappa shape index (κ2) is 8.86. The smallest absolute Gasteiger partial charge is 0.271 e. The van der Waals surface area contributed by atoms with Crippen molar-refractivity contribution in [1.82, 2.24) is 15.8 Å². The molecule has 1 amide bonds. The van der Waals surface area contributed by atoms with Gasteiger partial charge in [0.05, 0.1) is 15.1 Å². The van der Waals surface area contributed by atoms with E-state index >= 15 is 0 Å². The van der Waals surface area contributed by atoms with Gasteiger partial charge in [0.1, 0.15) is 5.01 Å². The summed E-state index contributed by atoms with van der Waals surface area (Å²) < 4.78 is 1.10. The van der Waals surface area contributed by atoms with Gasteiger partial charge in [-0.25, -0.2) is 4.98 Å². The van der Waals surface area contributed by atoms with Crippen LogP contribution in [0.4, 0.5) is 11.4 Å². The van der Waals surface area contributed by atoms with E-state index in [1.165, 1.54) is 18.2 Å². The van der Waals surface area contributed by atoms with E-state index in [0.29, 0.717) is 11.3 Å². The Balaban J connectivity index is 1.36. The lowest BCUT2D eigenvalue weighted by atomic mass is 10.1. The Morgan fingerprint density at radius 2 is 1.77 bits per heavy atom. The maximum absolute atomic E-state index is 12.4. The number of amides is 1. The molecular formula is C21H15N5O3S2. The molecule has 154 valence electrons. The number of hydrazine groups is 1. The van der Waals surface area contributed by atoms with Crippen LogP contribution < -0.4 is 16.2 Å². The third-order valence-electron chi connectivity index (χ3n) is 4.29. The SMILES string of the molecule is O=C(NNC(=S)Nc1cccc([N+](=O)[O-])c1)c1ccc(-c2nc3ccccc3s2)cc1. The molecule has 0 spiro atoms. The first-order valence-electron chi connectivity index (χ1n) is 9.07. The van der Waals surface area contributed by atoms with Crippen molar-refractivity contribution in [2.45, 2.75) is 0 Å². The molecule has 0 aliphatic rings. The van der Waals surface area contributed by atoms with Gasteiger partial charge in [-0.2, -0.15) is 0 Å². The number of nitrogens with one attached hydrogen (secondary N) is 3. The average molecular weight is 450 g/mol. The molecule has 0 fully saturated rings. The molecule has 0 saturated carbocycles. The normalized spacial score (nSPS) is 10.5. The molecule has 31 heavy (non-hydrogen) atoms. The molecular weight excluding hydrogens is 434 g/mol. The number of nitrogens with zero attached hydrogens (tertiary/aromatic N) is 2. The molecule has 0 bridgehead atoms. The molecule has 0 radical (unpaired) electrons. The summed E-state index contributed by atoms with van der Waals surface area (Å²) in [6.07, 6.45) is 0. The Morgan fingerprint density at radius 3 is 2.52 bits per heavy atom. The summed E-state index contributed by atoms with van der Waals surface area (Å²) in [6.45, 7) is 0. The van der Waals surface area contributed by atoms with Crippen LogP contribution in [0.5, 0.6) is 0 Å². The lowest BCUT2D eigenvalue weighted by molar-refractivity contribution is -0.384. The van der Waals surface area contributed by atoms with Gasteiger partial charge in [0.25, 0.3) is 11.6 Å². The van der Waals surface area contributed by atoms with Gasteiger partial charge in [0.2, 0.25) is 0 Å². The van der Waals surface area contributed by atoms with Crippen LogP contribution in [0.25, 0.3) is 20.8 Å². The van der Waals surface area contributed by atoms with E-state index in [2.05, 4.69) is 21.2 Å². The first-order chi connectivity index (χ1) is 15.0. The van der Waals surface area contributed by atoms with E-state index in [-0.39, 0.29) is 16.7 Å². The van der Waals surface area contributed by atoms with E-state index in [1.54, 1.807) is 29.5 Å². The number of thiazole rings is 1. The number of thiocarbonyl (C=S) groups is 1. The summed E-state index contributed by atoms with van der Waals surface area (Å²) in [7, 11) is 0. The Morgan fingerprint density at radius 1 is 1.00 bits per heavy atom. The average Bonchev–Trinajstić information content (AvgIpc) is 3.22. The predicted octanol–water partition coefficient (Wildman–Crippen LogP) is 4.50. The number of hydrogen-bond donors (Lipinski definition) is 3. The lowest BCUT2D eigenvalue weighted by Gasteiger charge is -2.11. The molecule has 4 rings (SSSR count). The Kier molecular flexibility index (Phi) is 5.83. The molecule has 0 aliphatic carbocycles. The first-order valence-corrected chi connectivity index (χ1v) is 10.3. The van der Waals surface area contributed by atoms with Crippen LogP contribution in [0.3, 0.4) is 0 Å². The van der Waals surface area contributed by atoms with E-state index in [1.807, 2.05) is 36.4 Å². The first kappa shape index (κ1) is 20.4. The van der Waals surface area contributed by atoms with E-state index in [0.717, 1.165) is 20.8 Å². The Bertz CT molecular complexity index is 1250. The van der Waals surface area contributed by atoms with Gasteiger partial charge in [0.15, 0.2) is 5.11 Å². The fraction of sp³-hybridized carbons (Fsp3) is 0. The van der Waals surface area contributed by atoms with Crippen LogP contribution in [0.15, 0.2) is 72.8 Å². The minimum absolute atomic E-state index is 0.0648. The zero-order valence-electron chi connectivity index (χ0n) is 15.9. The van der Waals surface area contributed by atoms with E-state index < -0.39 is 4.92 Å². The molecule has 8 nitrogen and oxygen atoms in total. The topological polar surface area (TPSA) is 109 Å². The maximum Gasteiger partial charge on any atom is 0.271 e. The highest BCUT2D eigenvalue weighted by Gasteiger charge is 2.10. The van der Waals surface area contributed by atoms with Crippen LogP contribution in [-0.2, 0) is 0 Å². The molecule has 4 aromatic rings. The molecule has 0 unspecified atom stereocenters. The molecule has 1 aromatic heterocycles. The molecule has 0 saturated heterocycles. The van der Waals surface area contributed by atoms with Crippen molar-refractivity contribution >= 4 is 56.2 Å². The lowest BCUT2D eigenvalue weighted by Crippen LogP contribution is -2.43. The van der Waals surface area contributed by atoms with Crippen LogP contribution in [0.1, 0.15) is 10.4 Å². The zero-order chi connectivity index (χ0) is 21.8. The minimum atomic E-state index is -0.499. The predicted molar refractivity (Wildman–Crippen MR) is 125 cm³/mol. The summed E-state index contributed by atoms with van der Waals surface area (Å²) in [5, 5.41) is 14.6. The Labute approximate surface area is 186 Å². The van der Waals surface area contributed by atoms with E-state index in [9.17, 15) is 14.9 Å². The summed E-state index contributed by atoms with van der Waals surface area (Å²) >= 11 is 6.71. The number of aromatic nitrogens is 1. The maximum atomic E-state index is 12.4. The number of para-hydroxylation sites is 1. The third kappa shape index (κ3) is 4.82. The van der Waals surface area contributed by atoms with Gasteiger partial charge < -0.3 is 5.32 Å². The van der Waals surface area contributed by atoms with Crippen molar-refractivity contribution in [3.63, 3.8) is 0 Å².